The lowest BCUT2D eigenvalue weighted by Gasteiger charge is -2.11. The van der Waals surface area contributed by atoms with E-state index in [-0.39, 0.29) is 16.7 Å². The Morgan fingerprint density at radius 2 is 2.13 bits per heavy atom. The Morgan fingerprint density at radius 3 is 2.87 bits per heavy atom. The van der Waals surface area contributed by atoms with Gasteiger partial charge >= 0.3 is 6.01 Å². The molecule has 1 aliphatic carbocycles. The van der Waals surface area contributed by atoms with E-state index in [4.69, 9.17) is 16.3 Å². The van der Waals surface area contributed by atoms with Crippen molar-refractivity contribution in [3.05, 3.63) is 41.0 Å². The van der Waals surface area contributed by atoms with Crippen molar-refractivity contribution in [2.24, 2.45) is 5.92 Å². The smallest absolute Gasteiger partial charge is 0.318 e. The van der Waals surface area contributed by atoms with E-state index in [2.05, 4.69) is 14.7 Å². The fraction of sp³-hybridized carbons (Fsp3) is 0.333. The highest BCUT2D eigenvalue weighted by atomic mass is 35.5. The third kappa shape index (κ3) is 3.92. The first-order valence-electron chi connectivity index (χ1n) is 7.19. The van der Waals surface area contributed by atoms with Gasteiger partial charge in [-0.1, -0.05) is 17.7 Å². The van der Waals surface area contributed by atoms with Crippen LogP contribution in [0.25, 0.3) is 0 Å². The number of sulfonamides is 1. The second kappa shape index (κ2) is 6.33. The molecule has 122 valence electrons. The van der Waals surface area contributed by atoms with E-state index in [1.54, 1.807) is 19.1 Å². The lowest BCUT2D eigenvalue weighted by molar-refractivity contribution is 0.277. The van der Waals surface area contributed by atoms with Crippen LogP contribution in [-0.4, -0.2) is 25.0 Å². The zero-order valence-electron chi connectivity index (χ0n) is 12.5. The molecule has 1 fully saturated rings. The van der Waals surface area contributed by atoms with Crippen LogP contribution >= 0.6 is 11.6 Å². The zero-order chi connectivity index (χ0) is 16.4. The quantitative estimate of drug-likeness (QED) is 0.863. The van der Waals surface area contributed by atoms with Crippen LogP contribution in [0.5, 0.6) is 6.01 Å². The van der Waals surface area contributed by atoms with E-state index < -0.39 is 10.0 Å². The molecule has 1 aromatic heterocycles. The minimum atomic E-state index is -3.78. The number of hydrogen-bond donors (Lipinski definition) is 1. The molecular weight excluding hydrogens is 338 g/mol. The molecule has 0 spiro atoms. The maximum atomic E-state index is 12.5. The third-order valence-electron chi connectivity index (χ3n) is 3.52. The molecule has 23 heavy (non-hydrogen) atoms. The molecule has 8 heteroatoms. The Labute approximate surface area is 139 Å². The Hall–Kier alpha value is -1.86. The van der Waals surface area contributed by atoms with Crippen molar-refractivity contribution in [1.82, 2.24) is 9.97 Å². The molecule has 1 saturated carbocycles. The number of nitrogens with zero attached hydrogens (tertiary/aromatic N) is 2. The number of aromatic nitrogens is 2. The molecule has 0 atom stereocenters. The van der Waals surface area contributed by atoms with Gasteiger partial charge in [0.25, 0.3) is 10.0 Å². The fourth-order valence-corrected chi connectivity index (χ4v) is 3.52. The van der Waals surface area contributed by atoms with Crippen LogP contribution in [0.1, 0.15) is 18.4 Å². The molecule has 0 amide bonds. The van der Waals surface area contributed by atoms with Gasteiger partial charge in [0.2, 0.25) is 0 Å². The number of rotatable bonds is 6. The summed E-state index contributed by atoms with van der Waals surface area (Å²) in [7, 11) is -3.78. The molecule has 1 heterocycles. The van der Waals surface area contributed by atoms with Crippen LogP contribution in [0.2, 0.25) is 5.02 Å². The van der Waals surface area contributed by atoms with E-state index in [1.165, 1.54) is 18.3 Å². The van der Waals surface area contributed by atoms with E-state index in [0.717, 1.165) is 12.8 Å². The monoisotopic (exact) mass is 353 g/mol. The lowest BCUT2D eigenvalue weighted by Crippen LogP contribution is -2.16. The van der Waals surface area contributed by atoms with Crippen LogP contribution in [0.15, 0.2) is 35.4 Å². The van der Waals surface area contributed by atoms with Crippen molar-refractivity contribution in [2.45, 2.75) is 24.7 Å². The molecule has 3 rings (SSSR count). The average molecular weight is 354 g/mol. The normalized spacial score (nSPS) is 14.5. The van der Waals surface area contributed by atoms with Gasteiger partial charge in [-0.3, -0.25) is 4.72 Å². The van der Waals surface area contributed by atoms with Crippen molar-refractivity contribution in [3.8, 4) is 6.01 Å². The Balaban J connectivity index is 1.79. The number of halogens is 1. The van der Waals surface area contributed by atoms with E-state index in [0.29, 0.717) is 23.1 Å². The molecular formula is C15H16ClN3O3S. The first-order valence-corrected chi connectivity index (χ1v) is 9.05. The number of hydrogen-bond acceptors (Lipinski definition) is 5. The standard InChI is InChI=1S/C15H16ClN3O3S/c1-10-12(16)3-2-4-13(10)23(20,21)19-14-7-8-17-15(18-14)22-9-11-5-6-11/h2-4,7-8,11H,5-6,9H2,1H3,(H,17,18,19). The van der Waals surface area contributed by atoms with Gasteiger partial charge in [0.15, 0.2) is 0 Å². The van der Waals surface area contributed by atoms with Gasteiger partial charge in [-0.15, -0.1) is 0 Å². The molecule has 1 aromatic carbocycles. The number of nitrogens with one attached hydrogen (secondary N) is 1. The van der Waals surface area contributed by atoms with Crippen LogP contribution < -0.4 is 9.46 Å². The Kier molecular flexibility index (Phi) is 4.41. The van der Waals surface area contributed by atoms with E-state index in [1.807, 2.05) is 0 Å². The van der Waals surface area contributed by atoms with Gasteiger partial charge in [0.05, 0.1) is 11.5 Å². The summed E-state index contributed by atoms with van der Waals surface area (Å²) in [6.45, 7) is 2.21. The molecule has 0 unspecified atom stereocenters. The summed E-state index contributed by atoms with van der Waals surface area (Å²) < 4.78 is 32.9. The molecule has 0 bridgehead atoms. The second-order valence-electron chi connectivity index (χ2n) is 5.45. The van der Waals surface area contributed by atoms with Gasteiger partial charge < -0.3 is 4.74 Å². The van der Waals surface area contributed by atoms with E-state index >= 15 is 0 Å². The highest BCUT2D eigenvalue weighted by molar-refractivity contribution is 7.92. The molecule has 0 saturated heterocycles. The molecule has 0 radical (unpaired) electrons. The molecule has 6 nitrogen and oxygen atoms in total. The summed E-state index contributed by atoms with van der Waals surface area (Å²) in [5.74, 6) is 0.721. The lowest BCUT2D eigenvalue weighted by atomic mass is 10.2. The zero-order valence-corrected chi connectivity index (χ0v) is 14.1. The van der Waals surface area contributed by atoms with Gasteiger partial charge in [0, 0.05) is 17.3 Å². The highest BCUT2D eigenvalue weighted by Crippen LogP contribution is 2.29. The van der Waals surface area contributed by atoms with Gasteiger partial charge in [0.1, 0.15) is 5.82 Å². The predicted molar refractivity (Wildman–Crippen MR) is 87.2 cm³/mol. The molecule has 2 aromatic rings. The second-order valence-corrected chi connectivity index (χ2v) is 7.51. The van der Waals surface area contributed by atoms with Gasteiger partial charge in [-0.25, -0.2) is 13.4 Å². The molecule has 0 aliphatic heterocycles. The van der Waals surface area contributed by atoms with Crippen LogP contribution in [0.4, 0.5) is 5.82 Å². The Morgan fingerprint density at radius 1 is 1.35 bits per heavy atom. The summed E-state index contributed by atoms with van der Waals surface area (Å²) in [6.07, 6.45) is 3.76. The first-order chi connectivity index (χ1) is 11.0. The van der Waals surface area contributed by atoms with E-state index in [9.17, 15) is 8.42 Å². The van der Waals surface area contributed by atoms with Crippen molar-refractivity contribution in [1.29, 1.82) is 0 Å². The minimum Gasteiger partial charge on any atom is -0.463 e. The van der Waals surface area contributed by atoms with Crippen molar-refractivity contribution in [3.63, 3.8) is 0 Å². The van der Waals surface area contributed by atoms with Gasteiger partial charge in [-0.2, -0.15) is 4.98 Å². The van der Waals surface area contributed by atoms with Crippen molar-refractivity contribution >= 4 is 27.4 Å². The fourth-order valence-electron chi connectivity index (χ4n) is 2.02. The molecule has 1 aliphatic rings. The summed E-state index contributed by atoms with van der Waals surface area (Å²) in [5.41, 5.74) is 0.487. The van der Waals surface area contributed by atoms with Crippen LogP contribution in [0.3, 0.4) is 0 Å². The van der Waals surface area contributed by atoms with Crippen LogP contribution in [0, 0.1) is 12.8 Å². The average Bonchev–Trinajstić information content (AvgIpc) is 3.32. The maximum absolute atomic E-state index is 12.5. The summed E-state index contributed by atoms with van der Waals surface area (Å²) in [4.78, 5) is 8.18. The SMILES string of the molecule is Cc1c(Cl)cccc1S(=O)(=O)Nc1ccnc(OCC2CC2)n1. The number of benzene rings is 1. The predicted octanol–water partition coefficient (Wildman–Crippen LogP) is 3.03. The van der Waals surface area contributed by atoms with Crippen molar-refractivity contribution in [2.75, 3.05) is 11.3 Å². The van der Waals surface area contributed by atoms with Crippen LogP contribution in [-0.2, 0) is 10.0 Å². The largest absolute Gasteiger partial charge is 0.463 e. The molecule has 1 N–H and O–H groups in total. The topological polar surface area (TPSA) is 81.2 Å². The third-order valence-corrected chi connectivity index (χ3v) is 5.43. The number of ether oxygens (including phenoxy) is 1. The summed E-state index contributed by atoms with van der Waals surface area (Å²) in [6, 6.07) is 6.37. The summed E-state index contributed by atoms with van der Waals surface area (Å²) in [5, 5.41) is 0.393. The first kappa shape index (κ1) is 16.0. The summed E-state index contributed by atoms with van der Waals surface area (Å²) >= 11 is 5.99. The Bertz CT molecular complexity index is 822. The highest BCUT2D eigenvalue weighted by Gasteiger charge is 2.23. The van der Waals surface area contributed by atoms with Crippen molar-refractivity contribution < 1.29 is 13.2 Å². The minimum absolute atomic E-state index is 0.115. The van der Waals surface area contributed by atoms with Gasteiger partial charge in [-0.05, 0) is 43.4 Å². The number of anilines is 1. The maximum Gasteiger partial charge on any atom is 0.318 e.